The quantitative estimate of drug-likeness (QED) is 0.756. The highest BCUT2D eigenvalue weighted by atomic mass is 79.9. The highest BCUT2D eigenvalue weighted by Crippen LogP contribution is 2.13. The summed E-state index contributed by atoms with van der Waals surface area (Å²) >= 11 is 3.40. The first kappa shape index (κ1) is 13.0. The van der Waals surface area contributed by atoms with Gasteiger partial charge in [-0.2, -0.15) is 0 Å². The van der Waals surface area contributed by atoms with E-state index in [-0.39, 0.29) is 5.78 Å². The molecular weight excluding hydrogens is 288 g/mol. The molecule has 2 rings (SSSR count). The maximum Gasteiger partial charge on any atom is 0.163 e. The highest BCUT2D eigenvalue weighted by Gasteiger charge is 2.06. The fourth-order valence-corrected chi connectivity index (χ4v) is 2.14. The number of carbonyl (C=O) groups is 1. The van der Waals surface area contributed by atoms with Crippen LogP contribution in [-0.2, 0) is 6.42 Å². The predicted octanol–water partition coefficient (Wildman–Crippen LogP) is 4.57. The van der Waals surface area contributed by atoms with Gasteiger partial charge in [0.05, 0.1) is 0 Å². The van der Waals surface area contributed by atoms with Crippen molar-refractivity contribution in [2.75, 3.05) is 0 Å². The highest BCUT2D eigenvalue weighted by molar-refractivity contribution is 9.10. The van der Waals surface area contributed by atoms with Crippen molar-refractivity contribution in [3.63, 3.8) is 0 Å². The molecule has 0 spiro atoms. The van der Waals surface area contributed by atoms with Gasteiger partial charge in [-0.05, 0) is 37.1 Å². The lowest BCUT2D eigenvalue weighted by atomic mass is 10.0. The summed E-state index contributed by atoms with van der Waals surface area (Å²) in [6.07, 6.45) is 1.35. The van der Waals surface area contributed by atoms with Crippen molar-refractivity contribution in [3.8, 4) is 0 Å². The standard InChI is InChI=1S/C16H15BrO/c1-12-3-2-4-14(11-12)16(18)10-7-13-5-8-15(17)9-6-13/h2-6,8-9,11H,7,10H2,1H3. The van der Waals surface area contributed by atoms with Crippen molar-refractivity contribution in [1.29, 1.82) is 0 Å². The summed E-state index contributed by atoms with van der Waals surface area (Å²) in [7, 11) is 0. The third kappa shape index (κ3) is 3.54. The lowest BCUT2D eigenvalue weighted by molar-refractivity contribution is 0.0983. The van der Waals surface area contributed by atoms with E-state index in [1.807, 2.05) is 55.5 Å². The molecule has 0 heterocycles. The van der Waals surface area contributed by atoms with Crippen molar-refractivity contribution in [1.82, 2.24) is 0 Å². The van der Waals surface area contributed by atoms with Gasteiger partial charge in [0, 0.05) is 16.5 Å². The SMILES string of the molecule is Cc1cccc(C(=O)CCc2ccc(Br)cc2)c1. The van der Waals surface area contributed by atoms with Crippen molar-refractivity contribution in [2.24, 2.45) is 0 Å². The van der Waals surface area contributed by atoms with Gasteiger partial charge in [-0.1, -0.05) is 51.8 Å². The number of ketones is 1. The third-order valence-corrected chi connectivity index (χ3v) is 3.42. The number of hydrogen-bond donors (Lipinski definition) is 0. The first-order chi connectivity index (χ1) is 8.65. The second-order valence-electron chi connectivity index (χ2n) is 4.42. The van der Waals surface area contributed by atoms with Crippen LogP contribution in [0.4, 0.5) is 0 Å². The van der Waals surface area contributed by atoms with Crippen LogP contribution in [-0.4, -0.2) is 5.78 Å². The summed E-state index contributed by atoms with van der Waals surface area (Å²) in [5.41, 5.74) is 3.14. The maximum atomic E-state index is 12.0. The predicted molar refractivity (Wildman–Crippen MR) is 78.0 cm³/mol. The molecule has 2 aromatic carbocycles. The summed E-state index contributed by atoms with van der Waals surface area (Å²) in [6.45, 7) is 2.01. The van der Waals surface area contributed by atoms with Crippen molar-refractivity contribution >= 4 is 21.7 Å². The van der Waals surface area contributed by atoms with Gasteiger partial charge < -0.3 is 0 Å². The first-order valence-electron chi connectivity index (χ1n) is 5.99. The van der Waals surface area contributed by atoms with Crippen molar-refractivity contribution < 1.29 is 4.79 Å². The Balaban J connectivity index is 1.98. The molecule has 0 amide bonds. The minimum atomic E-state index is 0.210. The van der Waals surface area contributed by atoms with E-state index in [4.69, 9.17) is 0 Å². The molecule has 0 radical (unpaired) electrons. The van der Waals surface area contributed by atoms with Crippen molar-refractivity contribution in [2.45, 2.75) is 19.8 Å². The van der Waals surface area contributed by atoms with Crippen LogP contribution < -0.4 is 0 Å². The number of Topliss-reactive ketones (excluding diaryl/α,β-unsaturated/α-hetero) is 1. The molecule has 18 heavy (non-hydrogen) atoms. The van der Waals surface area contributed by atoms with Crippen LogP contribution in [0.2, 0.25) is 0 Å². The Labute approximate surface area is 116 Å². The molecular formula is C16H15BrO. The zero-order valence-electron chi connectivity index (χ0n) is 10.3. The van der Waals surface area contributed by atoms with Crippen LogP contribution >= 0.6 is 15.9 Å². The average molecular weight is 303 g/mol. The van der Waals surface area contributed by atoms with Crippen LogP contribution in [0.3, 0.4) is 0 Å². The van der Waals surface area contributed by atoms with Gasteiger partial charge in [-0.15, -0.1) is 0 Å². The van der Waals surface area contributed by atoms with E-state index in [2.05, 4.69) is 15.9 Å². The van der Waals surface area contributed by atoms with Gasteiger partial charge in [-0.25, -0.2) is 0 Å². The van der Waals surface area contributed by atoms with E-state index in [1.54, 1.807) is 0 Å². The second-order valence-corrected chi connectivity index (χ2v) is 5.33. The van der Waals surface area contributed by atoms with Gasteiger partial charge >= 0.3 is 0 Å². The second kappa shape index (κ2) is 5.96. The lowest BCUT2D eigenvalue weighted by Crippen LogP contribution is -2.01. The van der Waals surface area contributed by atoms with Crippen LogP contribution in [0.1, 0.15) is 27.9 Å². The molecule has 2 aromatic rings. The minimum absolute atomic E-state index is 0.210. The zero-order valence-corrected chi connectivity index (χ0v) is 11.9. The van der Waals surface area contributed by atoms with Crippen LogP contribution in [0.25, 0.3) is 0 Å². The number of carbonyl (C=O) groups excluding carboxylic acids is 1. The Kier molecular flexibility index (Phi) is 4.32. The molecule has 1 nitrogen and oxygen atoms in total. The molecule has 0 aliphatic rings. The number of aryl methyl sites for hydroxylation is 2. The molecule has 0 N–H and O–H groups in total. The average Bonchev–Trinajstić information content (AvgIpc) is 2.38. The summed E-state index contributed by atoms with van der Waals surface area (Å²) in [5, 5.41) is 0. The summed E-state index contributed by atoms with van der Waals surface area (Å²) < 4.78 is 1.07. The Hall–Kier alpha value is -1.41. The normalized spacial score (nSPS) is 10.3. The fourth-order valence-electron chi connectivity index (χ4n) is 1.87. The monoisotopic (exact) mass is 302 g/mol. The topological polar surface area (TPSA) is 17.1 Å². The van der Waals surface area contributed by atoms with E-state index >= 15 is 0 Å². The Bertz CT molecular complexity index is 543. The fraction of sp³-hybridized carbons (Fsp3) is 0.188. The van der Waals surface area contributed by atoms with E-state index in [0.717, 1.165) is 22.0 Å². The maximum absolute atomic E-state index is 12.0. The first-order valence-corrected chi connectivity index (χ1v) is 6.79. The Morgan fingerprint density at radius 2 is 1.83 bits per heavy atom. The smallest absolute Gasteiger partial charge is 0.163 e. The summed E-state index contributed by atoms with van der Waals surface area (Å²) in [5.74, 6) is 0.210. The van der Waals surface area contributed by atoms with E-state index < -0.39 is 0 Å². The number of rotatable bonds is 4. The molecule has 0 saturated carbocycles. The van der Waals surface area contributed by atoms with E-state index in [9.17, 15) is 4.79 Å². The molecule has 0 aliphatic carbocycles. The van der Waals surface area contributed by atoms with Gasteiger partial charge in [-0.3, -0.25) is 4.79 Å². The molecule has 2 heteroatoms. The zero-order chi connectivity index (χ0) is 13.0. The molecule has 0 aliphatic heterocycles. The Morgan fingerprint density at radius 3 is 2.50 bits per heavy atom. The number of benzene rings is 2. The van der Waals surface area contributed by atoms with E-state index in [1.165, 1.54) is 5.56 Å². The van der Waals surface area contributed by atoms with E-state index in [0.29, 0.717) is 6.42 Å². The molecule has 0 unspecified atom stereocenters. The van der Waals surface area contributed by atoms with Crippen molar-refractivity contribution in [3.05, 3.63) is 69.7 Å². The van der Waals surface area contributed by atoms with Crippen LogP contribution in [0, 0.1) is 6.92 Å². The third-order valence-electron chi connectivity index (χ3n) is 2.89. The van der Waals surface area contributed by atoms with Gasteiger partial charge in [0.25, 0.3) is 0 Å². The van der Waals surface area contributed by atoms with Gasteiger partial charge in [0.2, 0.25) is 0 Å². The van der Waals surface area contributed by atoms with Gasteiger partial charge in [0.1, 0.15) is 0 Å². The molecule has 0 saturated heterocycles. The molecule has 0 aromatic heterocycles. The van der Waals surface area contributed by atoms with Crippen LogP contribution in [0.15, 0.2) is 53.0 Å². The number of halogens is 1. The summed E-state index contributed by atoms with van der Waals surface area (Å²) in [4.78, 5) is 12.0. The molecule has 0 bridgehead atoms. The largest absolute Gasteiger partial charge is 0.294 e. The number of hydrogen-bond acceptors (Lipinski definition) is 1. The van der Waals surface area contributed by atoms with Gasteiger partial charge in [0.15, 0.2) is 5.78 Å². The van der Waals surface area contributed by atoms with Crippen LogP contribution in [0.5, 0.6) is 0 Å². The Morgan fingerprint density at radius 1 is 1.11 bits per heavy atom. The molecule has 0 atom stereocenters. The molecule has 0 fully saturated rings. The lowest BCUT2D eigenvalue weighted by Gasteiger charge is -2.03. The minimum Gasteiger partial charge on any atom is -0.294 e. The molecule has 92 valence electrons. The summed E-state index contributed by atoms with van der Waals surface area (Å²) in [6, 6.07) is 15.9.